The van der Waals surface area contributed by atoms with Crippen LogP contribution in [-0.2, 0) is 47.7 Å². The molecule has 0 spiro atoms. The molecule has 3 N–H and O–H groups in total. The Labute approximate surface area is 379 Å². The summed E-state index contributed by atoms with van der Waals surface area (Å²) < 4.78 is 29.4. The van der Waals surface area contributed by atoms with Crippen molar-refractivity contribution in [2.24, 2.45) is 35.5 Å². The molecule has 15 atom stereocenters. The molecule has 64 heavy (non-hydrogen) atoms. The number of fused-ring (bicyclic) bond motifs is 4. The van der Waals surface area contributed by atoms with Gasteiger partial charge >= 0.3 is 5.97 Å². The molecule has 14 heteroatoms. The van der Waals surface area contributed by atoms with Gasteiger partial charge in [-0.2, -0.15) is 0 Å². The second-order valence-corrected chi connectivity index (χ2v) is 19.4. The van der Waals surface area contributed by atoms with Gasteiger partial charge in [-0.3, -0.25) is 19.2 Å². The summed E-state index contributed by atoms with van der Waals surface area (Å²) in [7, 11) is 4.52. The number of carbonyl (C=O) groups is 5. The smallest absolute Gasteiger partial charge is 0.329 e. The number of Topliss-reactive ketones (excluding diaryl/α,β-unsaturated/α-hetero) is 3. The molecule has 14 nitrogen and oxygen atoms in total. The SMILES string of the molecule is CO[C@H]1CC2CC[C@@H](C)[C@@](O)(O2)C(=O)C(=O)N2CCCCC2C(=O)O[C@H]([C@H](C)C[C@@H]2CC[C@@H](O)[C@H](OC)C2)CC(=O)[C@H](C)/C=C(\C)[C@@H](O)[C@@H](OC)C(=O)[C@H]2C[C@H](C)/C2=C/C=C/C=C/1C. The first-order chi connectivity index (χ1) is 30.3. The molecule has 2 saturated carbocycles. The molecule has 0 aromatic carbocycles. The molecule has 0 aromatic heterocycles. The van der Waals surface area contributed by atoms with E-state index in [4.69, 9.17) is 23.7 Å². The number of piperidine rings is 1. The molecule has 4 fully saturated rings. The van der Waals surface area contributed by atoms with E-state index in [1.807, 2.05) is 45.1 Å². The maximum absolute atomic E-state index is 14.3. The van der Waals surface area contributed by atoms with E-state index in [9.17, 15) is 39.3 Å². The number of amides is 1. The highest BCUT2D eigenvalue weighted by atomic mass is 16.6. The van der Waals surface area contributed by atoms with E-state index in [1.54, 1.807) is 41.1 Å². The fourth-order valence-electron chi connectivity index (χ4n) is 10.5. The standard InChI is InChI=1S/C50H75NO13/c1-28-14-10-11-15-36-29(2)24-37(36)45(55)46(62-9)44(54)32(5)22-30(3)40(53)27-42(31(4)23-34-18-20-39(52)43(25-34)61-8)63-49(58)38-16-12-13-21-51(38)48(57)47(56)50(59)33(6)17-19-35(64-50)26-41(28)60-7/h10-11,14-15,22,29-31,33-35,37-39,41-44,46,52,54,59H,12-13,16-21,23-27H2,1-9H3/b11-10+,28-14+,32-22+,36-15-/t29-,30+,31+,33+,34-,35?,37-,38?,39+,41-,42-,43+,44+,46+,50+/m0/s1. The number of ether oxygens (including phenoxy) is 5. The normalized spacial score (nSPS) is 41.6. The average molecular weight is 898 g/mol. The van der Waals surface area contributed by atoms with Gasteiger partial charge < -0.3 is 43.9 Å². The number of methoxy groups -OCH3 is 3. The van der Waals surface area contributed by atoms with Crippen LogP contribution in [0.2, 0.25) is 0 Å². The number of cyclic esters (lactones) is 1. The number of nitrogens with zero attached hydrogens (tertiary/aromatic N) is 1. The first-order valence-corrected chi connectivity index (χ1v) is 23.5. The molecule has 3 aliphatic heterocycles. The zero-order valence-corrected chi connectivity index (χ0v) is 39.5. The van der Waals surface area contributed by atoms with Crippen LogP contribution < -0.4 is 0 Å². The number of allylic oxidation sites excluding steroid dienone is 6. The number of rotatable bonds is 6. The first kappa shape index (κ1) is 51.6. The van der Waals surface area contributed by atoms with E-state index in [0.717, 1.165) is 17.6 Å². The Morgan fingerprint density at radius 2 is 1.58 bits per heavy atom. The van der Waals surface area contributed by atoms with Crippen molar-refractivity contribution in [2.45, 2.75) is 173 Å². The Kier molecular flexibility index (Phi) is 18.5. The predicted molar refractivity (Wildman–Crippen MR) is 238 cm³/mol. The molecular formula is C50H75NO13. The maximum atomic E-state index is 14.3. The van der Waals surface area contributed by atoms with Crippen molar-refractivity contribution in [1.82, 2.24) is 4.90 Å². The van der Waals surface area contributed by atoms with Gasteiger partial charge in [-0.05, 0) is 107 Å². The zero-order valence-electron chi connectivity index (χ0n) is 39.5. The van der Waals surface area contributed by atoms with Crippen LogP contribution in [0.5, 0.6) is 0 Å². The van der Waals surface area contributed by atoms with Gasteiger partial charge in [-0.25, -0.2) is 4.79 Å². The molecule has 5 rings (SSSR count). The Morgan fingerprint density at radius 1 is 0.859 bits per heavy atom. The number of hydrogen-bond acceptors (Lipinski definition) is 13. The largest absolute Gasteiger partial charge is 0.460 e. The summed E-state index contributed by atoms with van der Waals surface area (Å²) in [5.41, 5.74) is 2.17. The van der Waals surface area contributed by atoms with Crippen LogP contribution in [0.3, 0.4) is 0 Å². The third-order valence-electron chi connectivity index (χ3n) is 14.9. The minimum absolute atomic E-state index is 0.0915. The fraction of sp³-hybridized carbons (Fsp3) is 0.740. The minimum Gasteiger partial charge on any atom is -0.460 e. The van der Waals surface area contributed by atoms with Crippen molar-refractivity contribution < 1.29 is 63.0 Å². The molecule has 2 aliphatic carbocycles. The molecule has 2 bridgehead atoms. The van der Waals surface area contributed by atoms with E-state index in [2.05, 4.69) is 0 Å². The van der Waals surface area contributed by atoms with Gasteiger partial charge in [-0.1, -0.05) is 63.6 Å². The topological polar surface area (TPSA) is 195 Å². The minimum atomic E-state index is -2.43. The van der Waals surface area contributed by atoms with Gasteiger partial charge in [0.25, 0.3) is 11.7 Å². The molecular weight excluding hydrogens is 823 g/mol. The van der Waals surface area contributed by atoms with Gasteiger partial charge in [0, 0.05) is 58.5 Å². The van der Waals surface area contributed by atoms with Gasteiger partial charge in [-0.15, -0.1) is 0 Å². The summed E-state index contributed by atoms with van der Waals surface area (Å²) in [6.07, 6.45) is 9.19. The van der Waals surface area contributed by atoms with Crippen molar-refractivity contribution in [2.75, 3.05) is 27.9 Å². The lowest BCUT2D eigenvalue weighted by molar-refractivity contribution is -0.265. The monoisotopic (exact) mass is 898 g/mol. The molecule has 2 saturated heterocycles. The number of ketones is 3. The fourth-order valence-corrected chi connectivity index (χ4v) is 10.5. The molecule has 5 aliphatic rings. The highest BCUT2D eigenvalue weighted by molar-refractivity contribution is 6.39. The van der Waals surface area contributed by atoms with Crippen molar-refractivity contribution in [3.8, 4) is 0 Å². The summed E-state index contributed by atoms with van der Waals surface area (Å²) >= 11 is 0. The third kappa shape index (κ3) is 12.0. The number of esters is 1. The average Bonchev–Trinajstić information content (AvgIpc) is 3.27. The number of aliphatic hydroxyl groups excluding tert-OH is 2. The van der Waals surface area contributed by atoms with Crippen LogP contribution in [0.4, 0.5) is 0 Å². The number of aliphatic hydroxyl groups is 3. The molecule has 3 heterocycles. The zero-order chi connectivity index (χ0) is 47.0. The Bertz CT molecular complexity index is 1800. The molecule has 0 aromatic rings. The second kappa shape index (κ2) is 22.9. The van der Waals surface area contributed by atoms with Crippen molar-refractivity contribution in [1.29, 1.82) is 0 Å². The number of hydrogen-bond donors (Lipinski definition) is 3. The van der Waals surface area contributed by atoms with Crippen LogP contribution in [-0.4, -0.2) is 132 Å². The highest BCUT2D eigenvalue weighted by Gasteiger charge is 2.53. The second-order valence-electron chi connectivity index (χ2n) is 19.4. The highest BCUT2D eigenvalue weighted by Crippen LogP contribution is 2.42. The van der Waals surface area contributed by atoms with E-state index < -0.39 is 83.9 Å². The van der Waals surface area contributed by atoms with Gasteiger partial charge in [0.05, 0.1) is 24.4 Å². The summed E-state index contributed by atoms with van der Waals surface area (Å²) in [5, 5.41) is 33.9. The Balaban J connectivity index is 1.49. The molecule has 0 radical (unpaired) electrons. The molecule has 2 unspecified atom stereocenters. The predicted octanol–water partition coefficient (Wildman–Crippen LogP) is 5.54. The first-order valence-electron chi connectivity index (χ1n) is 23.5. The van der Waals surface area contributed by atoms with Crippen molar-refractivity contribution in [3.05, 3.63) is 47.1 Å². The lowest BCUT2D eigenvalue weighted by Gasteiger charge is -2.42. The van der Waals surface area contributed by atoms with Crippen LogP contribution >= 0.6 is 0 Å². The molecule has 1 amide bonds. The van der Waals surface area contributed by atoms with E-state index in [0.29, 0.717) is 63.4 Å². The summed E-state index contributed by atoms with van der Waals surface area (Å²) in [4.78, 5) is 72.0. The van der Waals surface area contributed by atoms with E-state index >= 15 is 0 Å². The van der Waals surface area contributed by atoms with Crippen molar-refractivity contribution in [3.63, 3.8) is 0 Å². The van der Waals surface area contributed by atoms with Gasteiger partial charge in [0.15, 0.2) is 5.78 Å². The summed E-state index contributed by atoms with van der Waals surface area (Å²) in [6, 6.07) is -1.13. The lowest BCUT2D eigenvalue weighted by atomic mass is 9.67. The number of carbonyl (C=O) groups excluding carboxylic acids is 5. The quantitative estimate of drug-likeness (QED) is 0.171. The maximum Gasteiger partial charge on any atom is 0.329 e. The van der Waals surface area contributed by atoms with E-state index in [-0.39, 0.29) is 54.8 Å². The Morgan fingerprint density at radius 3 is 2.25 bits per heavy atom. The van der Waals surface area contributed by atoms with Crippen LogP contribution in [0.25, 0.3) is 0 Å². The summed E-state index contributed by atoms with van der Waals surface area (Å²) in [5.74, 6) is -7.82. The van der Waals surface area contributed by atoms with Crippen LogP contribution in [0.15, 0.2) is 47.1 Å². The molecule has 358 valence electrons. The van der Waals surface area contributed by atoms with Crippen molar-refractivity contribution >= 4 is 29.2 Å². The van der Waals surface area contributed by atoms with Gasteiger partial charge in [0.1, 0.15) is 30.1 Å². The lowest BCUT2D eigenvalue weighted by Crippen LogP contribution is -2.61. The van der Waals surface area contributed by atoms with Crippen LogP contribution in [0.1, 0.15) is 119 Å². The third-order valence-corrected chi connectivity index (χ3v) is 14.9. The Hall–Kier alpha value is -3.37. The van der Waals surface area contributed by atoms with E-state index in [1.165, 1.54) is 12.0 Å². The van der Waals surface area contributed by atoms with Crippen LogP contribution in [0, 0.1) is 35.5 Å². The van der Waals surface area contributed by atoms with Gasteiger partial charge in [0.2, 0.25) is 5.79 Å². The summed E-state index contributed by atoms with van der Waals surface area (Å²) in [6.45, 7) is 11.0.